The van der Waals surface area contributed by atoms with Gasteiger partial charge in [-0.2, -0.15) is 5.10 Å². The largest absolute Gasteiger partial charge is 0.345 e. The molecule has 1 saturated carbocycles. The summed E-state index contributed by atoms with van der Waals surface area (Å²) in [5.41, 5.74) is 5.08. The van der Waals surface area contributed by atoms with E-state index in [0.717, 1.165) is 35.9 Å². The van der Waals surface area contributed by atoms with E-state index in [9.17, 15) is 13.2 Å². The lowest BCUT2D eigenvalue weighted by Gasteiger charge is -2.19. The number of aryl methyl sites for hydroxylation is 2. The minimum absolute atomic E-state index is 0.0748. The van der Waals surface area contributed by atoms with E-state index in [1.807, 2.05) is 19.9 Å². The van der Waals surface area contributed by atoms with Crippen LogP contribution in [0.3, 0.4) is 0 Å². The standard InChI is InChI=1S/C25H30N4O3S/c1-4-21(17-7-5-15(2)6-8-17)27-25(30)20-13-22(18-9-10-18)26-24-23(20)16(3)28-29(24)19-11-12-33(31,32)14-19/h5-8,13,18-19,21H,4,9-12,14H2,1-3H3,(H,27,30). The predicted octanol–water partition coefficient (Wildman–Crippen LogP) is 4.17. The molecule has 2 fully saturated rings. The molecule has 3 aromatic rings. The van der Waals surface area contributed by atoms with Crippen molar-refractivity contribution in [2.24, 2.45) is 0 Å². The van der Waals surface area contributed by atoms with E-state index in [1.165, 1.54) is 5.56 Å². The first kappa shape index (κ1) is 22.1. The third kappa shape index (κ3) is 4.28. The second-order valence-electron chi connectivity index (χ2n) is 9.50. The van der Waals surface area contributed by atoms with Gasteiger partial charge in [0, 0.05) is 11.6 Å². The molecule has 2 aromatic heterocycles. The molecule has 8 heteroatoms. The highest BCUT2D eigenvalue weighted by Crippen LogP contribution is 2.41. The molecule has 2 aliphatic rings. The van der Waals surface area contributed by atoms with Crippen LogP contribution in [-0.2, 0) is 9.84 Å². The number of benzene rings is 1. The van der Waals surface area contributed by atoms with Gasteiger partial charge in [-0.05, 0) is 51.2 Å². The van der Waals surface area contributed by atoms with Gasteiger partial charge in [-0.25, -0.2) is 18.1 Å². The quantitative estimate of drug-likeness (QED) is 0.589. The number of pyridine rings is 1. The van der Waals surface area contributed by atoms with Crippen molar-refractivity contribution in [1.82, 2.24) is 20.1 Å². The minimum atomic E-state index is -3.06. The van der Waals surface area contributed by atoms with Crippen LogP contribution in [0.2, 0.25) is 0 Å². The third-order valence-corrected chi connectivity index (χ3v) is 8.59. The second kappa shape index (κ2) is 8.24. The number of carbonyl (C=O) groups is 1. The highest BCUT2D eigenvalue weighted by molar-refractivity contribution is 7.91. The van der Waals surface area contributed by atoms with Crippen LogP contribution in [0.4, 0.5) is 0 Å². The van der Waals surface area contributed by atoms with E-state index in [2.05, 4.69) is 41.6 Å². The normalized spacial score (nSPS) is 20.8. The molecule has 1 amide bonds. The monoisotopic (exact) mass is 466 g/mol. The van der Waals surface area contributed by atoms with Gasteiger partial charge in [-0.1, -0.05) is 36.8 Å². The van der Waals surface area contributed by atoms with Crippen LogP contribution < -0.4 is 5.32 Å². The van der Waals surface area contributed by atoms with Gasteiger partial charge in [0.25, 0.3) is 5.91 Å². The topological polar surface area (TPSA) is 93.9 Å². The molecule has 0 bridgehead atoms. The molecule has 33 heavy (non-hydrogen) atoms. The Bertz CT molecular complexity index is 1320. The Balaban J connectivity index is 1.55. The fourth-order valence-electron chi connectivity index (χ4n) is 4.78. The summed E-state index contributed by atoms with van der Waals surface area (Å²) in [5.74, 6) is 0.461. The first-order valence-electron chi connectivity index (χ1n) is 11.7. The summed E-state index contributed by atoms with van der Waals surface area (Å²) in [4.78, 5) is 18.5. The number of nitrogens with zero attached hydrogens (tertiary/aromatic N) is 3. The summed E-state index contributed by atoms with van der Waals surface area (Å²) in [6.07, 6.45) is 3.42. The molecule has 0 radical (unpaired) electrons. The summed E-state index contributed by atoms with van der Waals surface area (Å²) in [5, 5.41) is 8.62. The Morgan fingerprint density at radius 1 is 1.18 bits per heavy atom. The summed E-state index contributed by atoms with van der Waals surface area (Å²) in [6.45, 7) is 5.98. The van der Waals surface area contributed by atoms with Gasteiger partial charge in [0.2, 0.25) is 0 Å². The molecule has 5 rings (SSSR count). The molecule has 1 aliphatic heterocycles. The molecule has 1 N–H and O–H groups in total. The molecule has 3 heterocycles. The Hall–Kier alpha value is -2.74. The van der Waals surface area contributed by atoms with E-state index >= 15 is 0 Å². The molecule has 0 spiro atoms. The molecule has 1 aromatic carbocycles. The van der Waals surface area contributed by atoms with Crippen molar-refractivity contribution in [3.05, 3.63) is 58.4 Å². The van der Waals surface area contributed by atoms with Crippen LogP contribution in [0.1, 0.15) is 83.5 Å². The number of sulfone groups is 1. The molecule has 1 aliphatic carbocycles. The van der Waals surface area contributed by atoms with Crippen molar-refractivity contribution >= 4 is 26.8 Å². The van der Waals surface area contributed by atoms with Crippen LogP contribution in [0.25, 0.3) is 11.0 Å². The maximum Gasteiger partial charge on any atom is 0.252 e. The SMILES string of the molecule is CCC(NC(=O)c1cc(C2CC2)nc2c1c(C)nn2C1CCS(=O)(=O)C1)c1ccc(C)cc1. The zero-order valence-electron chi connectivity index (χ0n) is 19.3. The number of hydrogen-bond donors (Lipinski definition) is 1. The van der Waals surface area contributed by atoms with Gasteiger partial charge in [-0.3, -0.25) is 4.79 Å². The summed E-state index contributed by atoms with van der Waals surface area (Å²) >= 11 is 0. The number of amides is 1. The van der Waals surface area contributed by atoms with E-state index in [0.29, 0.717) is 29.2 Å². The fraction of sp³-hybridized carbons (Fsp3) is 0.480. The van der Waals surface area contributed by atoms with Crippen molar-refractivity contribution in [2.45, 2.75) is 64.5 Å². The van der Waals surface area contributed by atoms with Crippen molar-refractivity contribution in [2.75, 3.05) is 11.5 Å². The maximum absolute atomic E-state index is 13.6. The van der Waals surface area contributed by atoms with Gasteiger partial charge in [0.1, 0.15) is 0 Å². The molecule has 174 valence electrons. The lowest BCUT2D eigenvalue weighted by molar-refractivity contribution is 0.0937. The third-order valence-electron chi connectivity index (χ3n) is 6.84. The Morgan fingerprint density at radius 3 is 2.52 bits per heavy atom. The van der Waals surface area contributed by atoms with Crippen LogP contribution >= 0.6 is 0 Å². The van der Waals surface area contributed by atoms with Gasteiger partial charge < -0.3 is 5.32 Å². The summed E-state index contributed by atoms with van der Waals surface area (Å²) in [6, 6.07) is 9.83. The number of hydrogen-bond acceptors (Lipinski definition) is 5. The van der Waals surface area contributed by atoms with Crippen LogP contribution in [0.5, 0.6) is 0 Å². The van der Waals surface area contributed by atoms with Crippen LogP contribution in [-0.4, -0.2) is 40.6 Å². The smallest absolute Gasteiger partial charge is 0.252 e. The highest BCUT2D eigenvalue weighted by atomic mass is 32.2. The van der Waals surface area contributed by atoms with E-state index in [4.69, 9.17) is 4.98 Å². The number of rotatable bonds is 6. The van der Waals surface area contributed by atoms with Crippen LogP contribution in [0.15, 0.2) is 30.3 Å². The number of nitrogens with one attached hydrogen (secondary N) is 1. The average molecular weight is 467 g/mol. The first-order chi connectivity index (χ1) is 15.8. The Labute approximate surface area is 194 Å². The minimum Gasteiger partial charge on any atom is -0.345 e. The van der Waals surface area contributed by atoms with Gasteiger partial charge >= 0.3 is 0 Å². The fourth-order valence-corrected chi connectivity index (χ4v) is 6.47. The summed E-state index contributed by atoms with van der Waals surface area (Å²) < 4.78 is 26.0. The average Bonchev–Trinajstić information content (AvgIpc) is 3.50. The first-order valence-corrected chi connectivity index (χ1v) is 13.6. The van der Waals surface area contributed by atoms with Crippen molar-refractivity contribution in [3.8, 4) is 0 Å². The molecular weight excluding hydrogens is 436 g/mol. The number of fused-ring (bicyclic) bond motifs is 1. The van der Waals surface area contributed by atoms with E-state index in [-0.39, 0.29) is 29.5 Å². The van der Waals surface area contributed by atoms with Gasteiger partial charge in [0.05, 0.1) is 40.2 Å². The van der Waals surface area contributed by atoms with E-state index < -0.39 is 9.84 Å². The predicted molar refractivity (Wildman–Crippen MR) is 128 cm³/mol. The molecular formula is C25H30N4O3S. The Morgan fingerprint density at radius 2 is 1.91 bits per heavy atom. The molecule has 2 atom stereocenters. The molecule has 7 nitrogen and oxygen atoms in total. The lowest BCUT2D eigenvalue weighted by atomic mass is 10.0. The lowest BCUT2D eigenvalue weighted by Crippen LogP contribution is -2.28. The van der Waals surface area contributed by atoms with Crippen molar-refractivity contribution in [1.29, 1.82) is 0 Å². The summed E-state index contributed by atoms with van der Waals surface area (Å²) in [7, 11) is -3.06. The zero-order valence-corrected chi connectivity index (χ0v) is 20.2. The van der Waals surface area contributed by atoms with Gasteiger partial charge in [-0.15, -0.1) is 0 Å². The van der Waals surface area contributed by atoms with Crippen molar-refractivity contribution in [3.63, 3.8) is 0 Å². The molecule has 2 unspecified atom stereocenters. The van der Waals surface area contributed by atoms with Gasteiger partial charge in [0.15, 0.2) is 15.5 Å². The number of carbonyl (C=O) groups excluding carboxylic acids is 1. The second-order valence-corrected chi connectivity index (χ2v) is 11.7. The highest BCUT2D eigenvalue weighted by Gasteiger charge is 2.34. The van der Waals surface area contributed by atoms with Crippen molar-refractivity contribution < 1.29 is 13.2 Å². The Kier molecular flexibility index (Phi) is 5.51. The van der Waals surface area contributed by atoms with E-state index in [1.54, 1.807) is 4.68 Å². The maximum atomic E-state index is 13.6. The van der Waals surface area contributed by atoms with Crippen LogP contribution in [0, 0.1) is 13.8 Å². The number of aromatic nitrogens is 3. The molecule has 1 saturated heterocycles. The zero-order chi connectivity index (χ0) is 23.3.